The van der Waals surface area contributed by atoms with Crippen molar-refractivity contribution in [1.29, 1.82) is 0 Å². The van der Waals surface area contributed by atoms with Crippen LogP contribution in [0, 0.1) is 5.82 Å². The molecule has 4 aromatic rings. The molecule has 2 heterocycles. The van der Waals surface area contributed by atoms with E-state index in [2.05, 4.69) is 25.1 Å². The van der Waals surface area contributed by atoms with E-state index in [1.165, 1.54) is 36.4 Å². The van der Waals surface area contributed by atoms with Gasteiger partial charge in [0, 0.05) is 16.5 Å². The predicted octanol–water partition coefficient (Wildman–Crippen LogP) is 3.89. The van der Waals surface area contributed by atoms with E-state index in [9.17, 15) is 17.6 Å². The van der Waals surface area contributed by atoms with Crippen molar-refractivity contribution in [3.05, 3.63) is 60.3 Å². The first-order chi connectivity index (χ1) is 13.3. The molecule has 0 bridgehead atoms. The molecule has 0 amide bonds. The lowest BCUT2D eigenvalue weighted by Crippen LogP contribution is -2.09. The zero-order valence-corrected chi connectivity index (χ0v) is 13.9. The van der Waals surface area contributed by atoms with E-state index in [0.717, 1.165) is 6.33 Å². The number of halogens is 4. The second kappa shape index (κ2) is 6.48. The first-order valence-electron chi connectivity index (χ1n) is 7.91. The second-order valence-corrected chi connectivity index (χ2v) is 5.83. The Morgan fingerprint density at radius 1 is 0.821 bits per heavy atom. The zero-order valence-electron chi connectivity index (χ0n) is 13.9. The smallest absolute Gasteiger partial charge is 0.366 e. The Morgan fingerprint density at radius 2 is 1.54 bits per heavy atom. The summed E-state index contributed by atoms with van der Waals surface area (Å²) in [6.45, 7) is 0. The molecule has 0 spiro atoms. The van der Waals surface area contributed by atoms with Crippen LogP contribution >= 0.6 is 0 Å². The van der Waals surface area contributed by atoms with Crippen LogP contribution in [0.15, 0.2) is 48.8 Å². The quantitative estimate of drug-likeness (QED) is 0.526. The normalized spacial score (nSPS) is 11.7. The lowest BCUT2D eigenvalue weighted by Gasteiger charge is -2.11. The fraction of sp³-hybridized carbons (Fsp3) is 0.0556. The van der Waals surface area contributed by atoms with Gasteiger partial charge >= 0.3 is 6.18 Å². The van der Waals surface area contributed by atoms with Crippen molar-refractivity contribution in [2.45, 2.75) is 6.18 Å². The number of nitrogen functional groups attached to an aromatic ring is 1. The molecule has 0 aliphatic rings. The van der Waals surface area contributed by atoms with Gasteiger partial charge in [-0.3, -0.25) is 0 Å². The molecule has 10 heteroatoms. The van der Waals surface area contributed by atoms with Crippen molar-refractivity contribution in [2.24, 2.45) is 0 Å². The highest BCUT2D eigenvalue weighted by molar-refractivity contribution is 5.88. The number of anilines is 1. The number of alkyl halides is 3. The highest BCUT2D eigenvalue weighted by atomic mass is 19.4. The Labute approximate surface area is 155 Å². The van der Waals surface area contributed by atoms with Gasteiger partial charge in [0.1, 0.15) is 23.5 Å². The first-order valence-corrected chi connectivity index (χ1v) is 7.91. The van der Waals surface area contributed by atoms with Crippen LogP contribution in [0.1, 0.15) is 5.69 Å². The summed E-state index contributed by atoms with van der Waals surface area (Å²) in [5.74, 6) is -0.568. The maximum Gasteiger partial charge on any atom is 0.434 e. The Hall–Kier alpha value is -3.69. The number of aromatic nitrogens is 5. The van der Waals surface area contributed by atoms with Crippen LogP contribution in [0.2, 0.25) is 0 Å². The van der Waals surface area contributed by atoms with E-state index in [4.69, 9.17) is 5.73 Å². The van der Waals surface area contributed by atoms with E-state index in [-0.39, 0.29) is 28.2 Å². The highest BCUT2D eigenvalue weighted by Gasteiger charge is 2.35. The summed E-state index contributed by atoms with van der Waals surface area (Å²) in [5, 5.41) is 7.51. The van der Waals surface area contributed by atoms with Crippen molar-refractivity contribution in [3.63, 3.8) is 0 Å². The Kier molecular flexibility index (Phi) is 4.10. The Morgan fingerprint density at radius 3 is 2.25 bits per heavy atom. The van der Waals surface area contributed by atoms with Crippen LogP contribution in [0.25, 0.3) is 33.4 Å². The molecule has 0 radical (unpaired) electrons. The van der Waals surface area contributed by atoms with Gasteiger partial charge in [0.15, 0.2) is 5.69 Å². The molecule has 140 valence electrons. The molecule has 0 unspecified atom stereocenters. The summed E-state index contributed by atoms with van der Waals surface area (Å²) in [7, 11) is 0. The van der Waals surface area contributed by atoms with Gasteiger partial charge in [-0.15, -0.1) is 10.2 Å². The fourth-order valence-corrected chi connectivity index (χ4v) is 2.77. The average Bonchev–Trinajstić information content (AvgIpc) is 2.67. The van der Waals surface area contributed by atoms with Gasteiger partial charge in [-0.2, -0.15) is 13.2 Å². The van der Waals surface area contributed by atoms with Crippen LogP contribution in [0.4, 0.5) is 23.5 Å². The molecule has 0 aliphatic heterocycles. The molecule has 4 rings (SSSR count). The summed E-state index contributed by atoms with van der Waals surface area (Å²) >= 11 is 0. The summed E-state index contributed by atoms with van der Waals surface area (Å²) < 4.78 is 53.2. The number of rotatable bonds is 2. The number of hydrogen-bond donors (Lipinski definition) is 1. The van der Waals surface area contributed by atoms with E-state index >= 15 is 0 Å². The van der Waals surface area contributed by atoms with Gasteiger partial charge in [0.25, 0.3) is 0 Å². The number of benzene rings is 2. The summed E-state index contributed by atoms with van der Waals surface area (Å²) in [6, 6.07) is 9.63. The minimum absolute atomic E-state index is 0.122. The van der Waals surface area contributed by atoms with Crippen molar-refractivity contribution >= 4 is 16.9 Å². The molecule has 0 saturated carbocycles. The number of nitrogens with zero attached hydrogens (tertiary/aromatic N) is 5. The third-order valence-corrected chi connectivity index (χ3v) is 4.00. The standard InChI is InChI=1S/C18H10F4N6/c19-11-4-1-9(2-5-11)14-15(27-28-17(23)26-14)10-3-6-13-12(7-10)16(18(20,21)22)25-8-24-13/h1-8H,(H2,23,26,28). The van der Waals surface area contributed by atoms with Crippen LogP contribution in [-0.2, 0) is 6.18 Å². The molecule has 0 aliphatic carbocycles. The van der Waals surface area contributed by atoms with Gasteiger partial charge < -0.3 is 5.73 Å². The van der Waals surface area contributed by atoms with Crippen LogP contribution < -0.4 is 5.73 Å². The van der Waals surface area contributed by atoms with Crippen LogP contribution in [0.3, 0.4) is 0 Å². The summed E-state index contributed by atoms with van der Waals surface area (Å²) in [5.41, 5.74) is 5.94. The van der Waals surface area contributed by atoms with Gasteiger partial charge in [0.05, 0.1) is 5.52 Å². The monoisotopic (exact) mass is 386 g/mol. The highest BCUT2D eigenvalue weighted by Crippen LogP contribution is 2.35. The predicted molar refractivity (Wildman–Crippen MR) is 93.2 cm³/mol. The number of nitrogens with two attached hydrogens (primary N) is 1. The summed E-state index contributed by atoms with van der Waals surface area (Å²) in [4.78, 5) is 11.4. The molecular formula is C18H10F4N6. The number of fused-ring (bicyclic) bond motifs is 1. The number of hydrogen-bond acceptors (Lipinski definition) is 6. The third kappa shape index (κ3) is 3.20. The van der Waals surface area contributed by atoms with Crippen LogP contribution in [0.5, 0.6) is 0 Å². The molecule has 2 N–H and O–H groups in total. The van der Waals surface area contributed by atoms with Crippen molar-refractivity contribution in [1.82, 2.24) is 25.1 Å². The van der Waals surface area contributed by atoms with Crippen LogP contribution in [-0.4, -0.2) is 25.1 Å². The largest absolute Gasteiger partial charge is 0.434 e. The summed E-state index contributed by atoms with van der Waals surface area (Å²) in [6.07, 6.45) is -3.79. The molecular weight excluding hydrogens is 376 g/mol. The van der Waals surface area contributed by atoms with E-state index in [1.807, 2.05) is 0 Å². The van der Waals surface area contributed by atoms with Crippen molar-refractivity contribution in [3.8, 4) is 22.5 Å². The SMILES string of the molecule is Nc1nnc(-c2ccc3ncnc(C(F)(F)F)c3c2)c(-c2ccc(F)cc2)n1. The Balaban J connectivity index is 1.95. The van der Waals surface area contributed by atoms with Gasteiger partial charge in [-0.25, -0.2) is 19.3 Å². The molecule has 0 atom stereocenters. The second-order valence-electron chi connectivity index (χ2n) is 5.83. The van der Waals surface area contributed by atoms with E-state index < -0.39 is 17.7 Å². The van der Waals surface area contributed by atoms with Crippen molar-refractivity contribution in [2.75, 3.05) is 5.73 Å². The van der Waals surface area contributed by atoms with Crippen molar-refractivity contribution < 1.29 is 17.6 Å². The molecule has 28 heavy (non-hydrogen) atoms. The first kappa shape index (κ1) is 17.7. The van der Waals surface area contributed by atoms with E-state index in [1.54, 1.807) is 6.07 Å². The molecule has 0 saturated heterocycles. The minimum atomic E-state index is -4.65. The van der Waals surface area contributed by atoms with Gasteiger partial charge in [0.2, 0.25) is 5.95 Å². The Bertz CT molecular complexity index is 1180. The maximum atomic E-state index is 13.3. The molecule has 0 fully saturated rings. The molecule has 6 nitrogen and oxygen atoms in total. The average molecular weight is 386 g/mol. The van der Waals surface area contributed by atoms with Gasteiger partial charge in [-0.05, 0) is 36.4 Å². The maximum absolute atomic E-state index is 13.3. The van der Waals surface area contributed by atoms with Gasteiger partial charge in [-0.1, -0.05) is 6.07 Å². The fourth-order valence-electron chi connectivity index (χ4n) is 2.77. The topological polar surface area (TPSA) is 90.5 Å². The minimum Gasteiger partial charge on any atom is -0.366 e. The molecule has 2 aromatic carbocycles. The third-order valence-electron chi connectivity index (χ3n) is 4.00. The zero-order chi connectivity index (χ0) is 19.9. The molecule has 2 aromatic heterocycles. The van der Waals surface area contributed by atoms with E-state index in [0.29, 0.717) is 11.1 Å². The lowest BCUT2D eigenvalue weighted by atomic mass is 10.0. The lowest BCUT2D eigenvalue weighted by molar-refractivity contribution is -0.139.